The number of anilines is 3. The van der Waals surface area contributed by atoms with Crippen LogP contribution in [0.3, 0.4) is 0 Å². The Morgan fingerprint density at radius 1 is 1.17 bits per heavy atom. The Morgan fingerprint density at radius 3 is 2.57 bits per heavy atom. The lowest BCUT2D eigenvalue weighted by molar-refractivity contribution is -0.691. The van der Waals surface area contributed by atoms with Gasteiger partial charge < -0.3 is 42.5 Å². The number of carboxylic acid groups (broad SMARTS) is 2. The Labute approximate surface area is 306 Å². The normalized spacial score (nSPS) is 18.9. The quantitative estimate of drug-likeness (QED) is 0.0241. The third-order valence-corrected chi connectivity index (χ3v) is 9.77. The summed E-state index contributed by atoms with van der Waals surface area (Å²) in [6.45, 7) is 1.87. The molecule has 5 rings (SSSR count). The number of allylic oxidation sites excluding steroid dienone is 1. The first-order valence-electron chi connectivity index (χ1n) is 15.3. The van der Waals surface area contributed by atoms with Gasteiger partial charge in [-0.25, -0.2) is 24.2 Å². The molecule has 24 heteroatoms. The van der Waals surface area contributed by atoms with E-state index in [0.717, 1.165) is 22.3 Å². The molecular formula is C29H32N11O11S2+. The van der Waals surface area contributed by atoms with Crippen molar-refractivity contribution in [2.75, 3.05) is 42.2 Å². The Bertz CT molecular complexity index is 2010. The first-order chi connectivity index (χ1) is 25.0. The van der Waals surface area contributed by atoms with Gasteiger partial charge in [-0.1, -0.05) is 5.16 Å². The van der Waals surface area contributed by atoms with Crippen molar-refractivity contribution < 1.29 is 58.4 Å². The number of carboxylic acids is 2. The number of nitrogens with one attached hydrogen (secondary N) is 3. The number of amides is 3. The fourth-order valence-electron chi connectivity index (χ4n) is 4.95. The molecule has 53 heavy (non-hydrogen) atoms. The van der Waals surface area contributed by atoms with Crippen molar-refractivity contribution in [2.24, 2.45) is 5.16 Å². The molecule has 0 aliphatic carbocycles. The van der Waals surface area contributed by atoms with Crippen LogP contribution in [-0.2, 0) is 44.9 Å². The average Bonchev–Trinajstić information content (AvgIpc) is 3.53. The second-order valence-corrected chi connectivity index (χ2v) is 13.9. The number of Topliss-reactive ketones (excluding diaryl/α,β-unsaturated/α-hetero) is 1. The lowest BCUT2D eigenvalue weighted by Gasteiger charge is -2.49. The number of hydrogen-bond acceptors (Lipinski definition) is 18. The molecule has 22 nitrogen and oxygen atoms in total. The highest BCUT2D eigenvalue weighted by Crippen LogP contribution is 2.40. The molecule has 2 aromatic rings. The van der Waals surface area contributed by atoms with E-state index in [9.17, 15) is 49.0 Å². The molecule has 1 saturated heterocycles. The first-order valence-corrected chi connectivity index (χ1v) is 17.2. The zero-order valence-corrected chi connectivity index (χ0v) is 29.4. The van der Waals surface area contributed by atoms with Crippen LogP contribution in [0.15, 0.2) is 46.1 Å². The summed E-state index contributed by atoms with van der Waals surface area (Å²) >= 11 is 2.18. The Kier molecular flexibility index (Phi) is 10.9. The van der Waals surface area contributed by atoms with E-state index in [4.69, 9.17) is 16.3 Å². The standard InChI is InChI=1S/C29H31N11O11S2/c1-29(2,27(48)49)51-37-18(14-10-53-28(31)35-14)23(44)36-19-24(45)40-20(26(46)47)12(9-52-25(19)40)6-38-7-13(21(30)34-11-38)32-3-4-33-22(43)15-5-16(41)17(42)8-39(15)50/h5,7,10-11,19,25,30,32,50H,3-4,6,8-9H2,1-2H3,(H6,31,33,35,36,43,44,46,47,48,49)/p+1/b37-18-/t19-,25-/m1/s1. The van der Waals surface area contributed by atoms with Gasteiger partial charge in [0.2, 0.25) is 17.2 Å². The van der Waals surface area contributed by atoms with Crippen molar-refractivity contribution in [3.63, 3.8) is 0 Å². The van der Waals surface area contributed by atoms with Crippen LogP contribution in [0.2, 0.25) is 0 Å². The molecule has 0 aromatic carbocycles. The monoisotopic (exact) mass is 774 g/mol. The molecule has 0 unspecified atom stereocenters. The topological polar surface area (TPSA) is 326 Å². The van der Waals surface area contributed by atoms with Crippen molar-refractivity contribution in [3.8, 4) is 0 Å². The predicted molar refractivity (Wildman–Crippen MR) is 182 cm³/mol. The highest BCUT2D eigenvalue weighted by molar-refractivity contribution is 8.00. The van der Waals surface area contributed by atoms with Gasteiger partial charge in [0, 0.05) is 35.9 Å². The molecule has 1 fully saturated rings. The second-order valence-electron chi connectivity index (χ2n) is 11.9. The smallest absolute Gasteiger partial charge is 0.352 e. The maximum atomic E-state index is 13.3. The molecule has 3 aliphatic heterocycles. The SMILES string of the molecule is CC(C)(O/N=C(\C(=O)N[C@@H]1C(=O)N2C(C(=O)O)=C(C[n+]3cnc(N)c(NCCNC(=O)C4=CC(=O)C(=O)CN4O)c3)CS[C@H]12)c1csc(N)n1)C(=O)O. The lowest BCUT2D eigenvalue weighted by Crippen LogP contribution is -2.71. The van der Waals surface area contributed by atoms with Crippen LogP contribution in [0.1, 0.15) is 19.5 Å². The zero-order chi connectivity index (χ0) is 38.8. The van der Waals surface area contributed by atoms with E-state index < -0.39 is 70.5 Å². The Hall–Kier alpha value is -6.14. The van der Waals surface area contributed by atoms with Gasteiger partial charge >= 0.3 is 11.9 Å². The van der Waals surface area contributed by atoms with Crippen LogP contribution in [0.4, 0.5) is 16.6 Å². The molecule has 0 saturated carbocycles. The second kappa shape index (κ2) is 15.2. The largest absolute Gasteiger partial charge is 0.478 e. The third-order valence-electron chi connectivity index (χ3n) is 7.76. The fourth-order valence-corrected chi connectivity index (χ4v) is 6.84. The number of thiazole rings is 1. The van der Waals surface area contributed by atoms with Crippen molar-refractivity contribution in [2.45, 2.75) is 37.4 Å². The molecular weight excluding hydrogens is 743 g/mol. The van der Waals surface area contributed by atoms with Gasteiger partial charge in [-0.3, -0.25) is 34.1 Å². The van der Waals surface area contributed by atoms with Gasteiger partial charge in [0.25, 0.3) is 29.9 Å². The zero-order valence-electron chi connectivity index (χ0n) is 27.8. The van der Waals surface area contributed by atoms with Gasteiger partial charge in [-0.2, -0.15) is 0 Å². The predicted octanol–water partition coefficient (Wildman–Crippen LogP) is -2.73. The van der Waals surface area contributed by atoms with Crippen molar-refractivity contribution >= 4 is 86.7 Å². The number of nitrogens with zero attached hydrogens (tertiary/aromatic N) is 6. The summed E-state index contributed by atoms with van der Waals surface area (Å²) in [5.41, 5.74) is 9.40. The number of hydroxylamine groups is 2. The summed E-state index contributed by atoms with van der Waals surface area (Å²) in [6.07, 6.45) is 3.63. The number of carbonyl (C=O) groups excluding carboxylic acids is 5. The molecule has 3 amide bonds. The van der Waals surface area contributed by atoms with E-state index in [-0.39, 0.29) is 53.4 Å². The molecule has 0 radical (unpaired) electrons. The molecule has 0 bridgehead atoms. The fraction of sp³-hybridized carbons (Fsp3) is 0.345. The van der Waals surface area contributed by atoms with E-state index in [0.29, 0.717) is 16.3 Å². The summed E-state index contributed by atoms with van der Waals surface area (Å²) in [5.74, 6) is -6.74. The van der Waals surface area contributed by atoms with Crippen LogP contribution in [0.5, 0.6) is 0 Å². The summed E-state index contributed by atoms with van der Waals surface area (Å²) in [4.78, 5) is 100. The van der Waals surface area contributed by atoms with E-state index in [1.165, 1.54) is 48.1 Å². The van der Waals surface area contributed by atoms with Gasteiger partial charge in [-0.05, 0) is 18.8 Å². The minimum atomic E-state index is -1.82. The molecule has 2 aromatic heterocycles. The van der Waals surface area contributed by atoms with Crippen LogP contribution in [0, 0.1) is 0 Å². The van der Waals surface area contributed by atoms with Crippen LogP contribution in [0.25, 0.3) is 0 Å². The number of rotatable bonds is 14. The molecule has 10 N–H and O–H groups in total. The van der Waals surface area contributed by atoms with E-state index in [2.05, 4.69) is 31.1 Å². The Balaban J connectivity index is 1.24. The van der Waals surface area contributed by atoms with Gasteiger partial charge in [0.05, 0.1) is 0 Å². The minimum absolute atomic E-state index is 0.000127. The Morgan fingerprint density at radius 2 is 1.91 bits per heavy atom. The number of ketones is 2. The highest BCUT2D eigenvalue weighted by atomic mass is 32.2. The number of β-lactam (4-membered cyclic amide) rings is 1. The molecule has 3 aliphatic rings. The number of fused-ring (bicyclic) bond motifs is 1. The number of aromatic nitrogens is 3. The van der Waals surface area contributed by atoms with Crippen LogP contribution in [-0.4, -0.2) is 125 Å². The number of nitrogens with two attached hydrogens (primary N) is 2. The molecule has 5 heterocycles. The molecule has 280 valence electrons. The van der Waals surface area contributed by atoms with Crippen molar-refractivity contribution in [1.82, 2.24) is 30.6 Å². The number of oxime groups is 1. The highest BCUT2D eigenvalue weighted by Gasteiger charge is 2.54. The minimum Gasteiger partial charge on any atom is -0.478 e. The molecule has 2 atom stereocenters. The van der Waals surface area contributed by atoms with Crippen LogP contribution >= 0.6 is 23.1 Å². The van der Waals surface area contributed by atoms with Gasteiger partial charge in [-0.15, -0.1) is 23.1 Å². The van der Waals surface area contributed by atoms with E-state index >= 15 is 0 Å². The van der Waals surface area contributed by atoms with Gasteiger partial charge in [0.1, 0.15) is 53.5 Å². The maximum absolute atomic E-state index is 13.3. The number of nitrogen functional groups attached to an aromatic ring is 2. The third kappa shape index (κ3) is 8.18. The van der Waals surface area contributed by atoms with Crippen LogP contribution < -0.4 is 32.0 Å². The maximum Gasteiger partial charge on any atom is 0.352 e. The van der Waals surface area contributed by atoms with Gasteiger partial charge in [0.15, 0.2) is 10.8 Å². The summed E-state index contributed by atoms with van der Waals surface area (Å²) in [5, 5.41) is 42.1. The number of carbonyl (C=O) groups is 7. The number of hydrogen-bond donors (Lipinski definition) is 8. The van der Waals surface area contributed by atoms with Crippen molar-refractivity contribution in [3.05, 3.63) is 46.6 Å². The molecule has 0 spiro atoms. The summed E-state index contributed by atoms with van der Waals surface area (Å²) < 4.78 is 1.53. The van der Waals surface area contributed by atoms with E-state index in [1.54, 1.807) is 0 Å². The average molecular weight is 775 g/mol. The lowest BCUT2D eigenvalue weighted by atomic mass is 10.0. The number of aliphatic carboxylic acids is 2. The first kappa shape index (κ1) is 38.1. The number of thioether (sulfide) groups is 1. The summed E-state index contributed by atoms with van der Waals surface area (Å²) in [6, 6.07) is -1.17. The summed E-state index contributed by atoms with van der Waals surface area (Å²) in [7, 11) is 0. The van der Waals surface area contributed by atoms with Crippen molar-refractivity contribution in [1.29, 1.82) is 0 Å². The van der Waals surface area contributed by atoms with E-state index in [1.807, 2.05) is 0 Å².